The molecule has 0 aliphatic carbocycles. The first-order valence-electron chi connectivity index (χ1n) is 7.37. The van der Waals surface area contributed by atoms with Gasteiger partial charge in [-0.2, -0.15) is 5.26 Å². The summed E-state index contributed by atoms with van der Waals surface area (Å²) < 4.78 is 24.4. The van der Waals surface area contributed by atoms with Crippen LogP contribution in [0.1, 0.15) is 31.7 Å². The van der Waals surface area contributed by atoms with Gasteiger partial charge in [-0.1, -0.05) is 13.0 Å². The van der Waals surface area contributed by atoms with Crippen molar-refractivity contribution >= 4 is 21.9 Å². The van der Waals surface area contributed by atoms with E-state index in [1.807, 2.05) is 6.07 Å². The monoisotopic (exact) mass is 394 g/mol. The number of ether oxygens (including phenoxy) is 2. The maximum atomic E-state index is 13.6. The first-order chi connectivity index (χ1) is 11.4. The molecule has 1 aromatic rings. The molecule has 0 spiro atoms. The number of nitrogens with zero attached hydrogens (tertiary/aromatic N) is 1. The second-order valence-corrected chi connectivity index (χ2v) is 5.86. The van der Waals surface area contributed by atoms with E-state index in [1.165, 1.54) is 18.2 Å². The first kappa shape index (κ1) is 18.0. The van der Waals surface area contributed by atoms with Gasteiger partial charge in [0.25, 0.3) is 0 Å². The van der Waals surface area contributed by atoms with Crippen molar-refractivity contribution in [3.05, 3.63) is 56.8 Å². The molecule has 0 unspecified atom stereocenters. The van der Waals surface area contributed by atoms with Crippen molar-refractivity contribution in [2.75, 3.05) is 6.61 Å². The van der Waals surface area contributed by atoms with E-state index in [2.05, 4.69) is 15.9 Å². The summed E-state index contributed by atoms with van der Waals surface area (Å²) in [4.78, 5) is 12.5. The Balaban J connectivity index is 2.68. The maximum Gasteiger partial charge on any atom is 0.338 e. The number of carbonyl (C=O) groups excluding carboxylic acids is 1. The predicted octanol–water partition coefficient (Wildman–Crippen LogP) is 3.62. The van der Waals surface area contributed by atoms with Crippen LogP contribution in [0.25, 0.3) is 0 Å². The van der Waals surface area contributed by atoms with E-state index in [-0.39, 0.29) is 28.1 Å². The molecule has 7 heteroatoms. The molecule has 0 aromatic heterocycles. The lowest BCUT2D eigenvalue weighted by Crippen LogP contribution is -2.26. The number of hydrogen-bond acceptors (Lipinski definition) is 5. The molecule has 0 bridgehead atoms. The van der Waals surface area contributed by atoms with Gasteiger partial charge in [-0.05, 0) is 40.5 Å². The zero-order valence-corrected chi connectivity index (χ0v) is 14.8. The fraction of sp³-hybridized carbons (Fsp3) is 0.294. The molecule has 5 nitrogen and oxygen atoms in total. The number of rotatable bonds is 4. The number of benzene rings is 1. The average Bonchev–Trinajstić information content (AvgIpc) is 2.56. The van der Waals surface area contributed by atoms with Crippen LogP contribution in [0.15, 0.2) is 45.5 Å². The van der Waals surface area contributed by atoms with E-state index in [0.717, 1.165) is 0 Å². The Kier molecular flexibility index (Phi) is 5.62. The second kappa shape index (κ2) is 7.49. The molecule has 0 saturated heterocycles. The van der Waals surface area contributed by atoms with Gasteiger partial charge in [0.2, 0.25) is 5.88 Å². The van der Waals surface area contributed by atoms with Crippen molar-refractivity contribution in [2.24, 2.45) is 5.73 Å². The Bertz CT molecular complexity index is 781. The van der Waals surface area contributed by atoms with Crippen molar-refractivity contribution in [3.63, 3.8) is 0 Å². The summed E-state index contributed by atoms with van der Waals surface area (Å²) in [6.45, 7) is 3.67. The number of nitriles is 1. The van der Waals surface area contributed by atoms with Crippen LogP contribution in [-0.2, 0) is 14.3 Å². The predicted molar refractivity (Wildman–Crippen MR) is 88.7 cm³/mol. The van der Waals surface area contributed by atoms with Gasteiger partial charge in [0.15, 0.2) is 0 Å². The number of nitrogens with two attached hydrogens (primary N) is 1. The second-order valence-electron chi connectivity index (χ2n) is 5.01. The Morgan fingerprint density at radius 3 is 2.75 bits per heavy atom. The molecular weight excluding hydrogens is 379 g/mol. The number of esters is 1. The zero-order valence-electron chi connectivity index (χ0n) is 13.2. The molecule has 1 aromatic carbocycles. The summed E-state index contributed by atoms with van der Waals surface area (Å²) in [6.07, 6.45) is 0.395. The maximum absolute atomic E-state index is 13.6. The average molecular weight is 395 g/mol. The van der Waals surface area contributed by atoms with Crippen LogP contribution in [0.4, 0.5) is 4.39 Å². The number of allylic oxidation sites excluding steroid dienone is 2. The van der Waals surface area contributed by atoms with E-state index >= 15 is 0 Å². The summed E-state index contributed by atoms with van der Waals surface area (Å²) in [5.74, 6) is -1.52. The van der Waals surface area contributed by atoms with Crippen molar-refractivity contribution in [1.82, 2.24) is 0 Å². The molecule has 0 amide bonds. The first-order valence-corrected chi connectivity index (χ1v) is 8.16. The number of halogens is 2. The highest BCUT2D eigenvalue weighted by Gasteiger charge is 2.37. The third kappa shape index (κ3) is 3.29. The molecule has 24 heavy (non-hydrogen) atoms. The lowest BCUT2D eigenvalue weighted by Gasteiger charge is -2.27. The Hall–Kier alpha value is -2.33. The normalized spacial score (nSPS) is 17.4. The fourth-order valence-electron chi connectivity index (χ4n) is 2.54. The molecule has 1 aliphatic rings. The van der Waals surface area contributed by atoms with Crippen molar-refractivity contribution in [3.8, 4) is 6.07 Å². The lowest BCUT2D eigenvalue weighted by atomic mass is 9.82. The minimum absolute atomic E-state index is 0.0622. The largest absolute Gasteiger partial charge is 0.463 e. The standard InChI is InChI=1S/C17H16BrFN2O3/c1-3-13-15(17(22)23-4-2)14(10(8-20)16(21)24-13)9-5-6-12(19)11(18)7-9/h5-7,14H,3-4,21H2,1-2H3/t14-/m1/s1. The molecule has 0 radical (unpaired) electrons. The summed E-state index contributed by atoms with van der Waals surface area (Å²) >= 11 is 3.12. The molecule has 0 saturated carbocycles. The highest BCUT2D eigenvalue weighted by Crippen LogP contribution is 2.41. The molecule has 1 atom stereocenters. The van der Waals surface area contributed by atoms with Crippen LogP contribution in [-0.4, -0.2) is 12.6 Å². The third-order valence-corrected chi connectivity index (χ3v) is 4.20. The van der Waals surface area contributed by atoms with Crippen LogP contribution in [0.3, 0.4) is 0 Å². The molecule has 2 rings (SSSR count). The Labute approximate surface area is 147 Å². The number of hydrogen-bond donors (Lipinski definition) is 1. The van der Waals surface area contributed by atoms with E-state index in [1.54, 1.807) is 13.8 Å². The molecule has 0 fully saturated rings. The summed E-state index contributed by atoms with van der Waals surface area (Å²) in [5.41, 5.74) is 6.70. The summed E-state index contributed by atoms with van der Waals surface area (Å²) in [6, 6.07) is 6.27. The topological polar surface area (TPSA) is 85.3 Å². The van der Waals surface area contributed by atoms with Crippen molar-refractivity contribution in [1.29, 1.82) is 5.26 Å². The van der Waals surface area contributed by atoms with Crippen LogP contribution in [0.5, 0.6) is 0 Å². The van der Waals surface area contributed by atoms with E-state index in [0.29, 0.717) is 17.7 Å². The Morgan fingerprint density at radius 2 is 2.21 bits per heavy atom. The molecular formula is C17H16BrFN2O3. The van der Waals surface area contributed by atoms with Crippen LogP contribution >= 0.6 is 15.9 Å². The Morgan fingerprint density at radius 1 is 1.50 bits per heavy atom. The van der Waals surface area contributed by atoms with E-state index in [4.69, 9.17) is 15.2 Å². The van der Waals surface area contributed by atoms with Gasteiger partial charge < -0.3 is 15.2 Å². The van der Waals surface area contributed by atoms with Gasteiger partial charge in [-0.3, -0.25) is 0 Å². The van der Waals surface area contributed by atoms with Crippen LogP contribution in [0, 0.1) is 17.1 Å². The van der Waals surface area contributed by atoms with Gasteiger partial charge in [0.1, 0.15) is 23.2 Å². The van der Waals surface area contributed by atoms with Crippen molar-refractivity contribution < 1.29 is 18.7 Å². The zero-order chi connectivity index (χ0) is 17.9. The van der Waals surface area contributed by atoms with Gasteiger partial charge in [-0.15, -0.1) is 0 Å². The van der Waals surface area contributed by atoms with Gasteiger partial charge >= 0.3 is 5.97 Å². The van der Waals surface area contributed by atoms with Crippen LogP contribution < -0.4 is 5.73 Å². The molecule has 2 N–H and O–H groups in total. The van der Waals surface area contributed by atoms with Gasteiger partial charge in [0, 0.05) is 6.42 Å². The summed E-state index contributed by atoms with van der Waals surface area (Å²) in [5, 5.41) is 9.48. The quantitative estimate of drug-likeness (QED) is 0.788. The summed E-state index contributed by atoms with van der Waals surface area (Å²) in [7, 11) is 0. The minimum atomic E-state index is -0.769. The van der Waals surface area contributed by atoms with Crippen molar-refractivity contribution in [2.45, 2.75) is 26.2 Å². The minimum Gasteiger partial charge on any atom is -0.463 e. The molecule has 1 aliphatic heterocycles. The van der Waals surface area contributed by atoms with Gasteiger partial charge in [0.05, 0.1) is 22.6 Å². The number of carbonyl (C=O) groups is 1. The smallest absolute Gasteiger partial charge is 0.338 e. The van der Waals surface area contributed by atoms with E-state index < -0.39 is 17.7 Å². The van der Waals surface area contributed by atoms with Gasteiger partial charge in [-0.25, -0.2) is 9.18 Å². The molecule has 126 valence electrons. The third-order valence-electron chi connectivity index (χ3n) is 3.59. The lowest BCUT2D eigenvalue weighted by molar-refractivity contribution is -0.139. The van der Waals surface area contributed by atoms with E-state index in [9.17, 15) is 14.4 Å². The highest BCUT2D eigenvalue weighted by molar-refractivity contribution is 9.10. The van der Waals surface area contributed by atoms with Crippen LogP contribution in [0.2, 0.25) is 0 Å². The SMILES string of the molecule is CCOC(=O)C1=C(CC)OC(N)=C(C#N)[C@H]1c1ccc(F)c(Br)c1. The fourth-order valence-corrected chi connectivity index (χ4v) is 2.93. The highest BCUT2D eigenvalue weighted by atomic mass is 79.9. The molecule has 1 heterocycles.